The Bertz CT molecular complexity index is 1310. The van der Waals surface area contributed by atoms with Gasteiger partial charge in [-0.2, -0.15) is 5.10 Å². The van der Waals surface area contributed by atoms with Gasteiger partial charge in [0.2, 0.25) is 0 Å². The van der Waals surface area contributed by atoms with Gasteiger partial charge in [0.25, 0.3) is 0 Å². The van der Waals surface area contributed by atoms with Gasteiger partial charge in [0.1, 0.15) is 11.6 Å². The number of aromatic amines is 1. The molecule has 2 saturated carbocycles. The van der Waals surface area contributed by atoms with Gasteiger partial charge >= 0.3 is 6.03 Å². The maximum Gasteiger partial charge on any atom is 0.320 e. The van der Waals surface area contributed by atoms with E-state index in [1.54, 1.807) is 0 Å². The number of amides is 2. The van der Waals surface area contributed by atoms with Crippen LogP contribution in [0.1, 0.15) is 86.0 Å². The van der Waals surface area contributed by atoms with E-state index in [9.17, 15) is 4.79 Å². The number of rotatable bonds is 6. The summed E-state index contributed by atoms with van der Waals surface area (Å²) in [5.41, 5.74) is 3.98. The molecule has 7 rings (SSSR count). The summed E-state index contributed by atoms with van der Waals surface area (Å²) in [6, 6.07) is 13.1. The molecule has 8 heteroatoms. The van der Waals surface area contributed by atoms with Gasteiger partial charge in [-0.15, -0.1) is 0 Å². The van der Waals surface area contributed by atoms with E-state index in [2.05, 4.69) is 72.4 Å². The van der Waals surface area contributed by atoms with Crippen molar-refractivity contribution in [1.82, 2.24) is 30.0 Å². The molecule has 4 aliphatic rings. The van der Waals surface area contributed by atoms with Gasteiger partial charge in [0.05, 0.1) is 0 Å². The van der Waals surface area contributed by atoms with Crippen LogP contribution in [0.5, 0.6) is 0 Å². The SMILES string of the molecule is CC(C)c1ccc(N(C)c2ccc(C3CN(C(=O)N4CC5(CC(c6n[nH]c(C7CC7)n6)C5)C4)C3)cn2)cc1. The highest BCUT2D eigenvalue weighted by molar-refractivity contribution is 5.77. The highest BCUT2D eigenvalue weighted by atomic mass is 16.2. The minimum Gasteiger partial charge on any atom is -0.329 e. The number of anilines is 2. The third-order valence-electron chi connectivity index (χ3n) is 9.22. The van der Waals surface area contributed by atoms with Crippen molar-refractivity contribution in [3.8, 4) is 0 Å². The number of benzene rings is 1. The summed E-state index contributed by atoms with van der Waals surface area (Å²) in [6.07, 6.45) is 6.67. The quantitative estimate of drug-likeness (QED) is 0.481. The Hall–Kier alpha value is -3.42. The molecule has 3 aromatic rings. The number of carbonyl (C=O) groups excluding carboxylic acids is 1. The molecule has 4 fully saturated rings. The summed E-state index contributed by atoms with van der Waals surface area (Å²) in [4.78, 5) is 28.6. The lowest BCUT2D eigenvalue weighted by Crippen LogP contribution is -2.67. The lowest BCUT2D eigenvalue weighted by molar-refractivity contribution is -0.0601. The number of aromatic nitrogens is 4. The lowest BCUT2D eigenvalue weighted by atomic mass is 9.57. The molecule has 1 spiro atoms. The number of pyridine rings is 1. The fourth-order valence-electron chi connectivity index (χ4n) is 6.43. The summed E-state index contributed by atoms with van der Waals surface area (Å²) >= 11 is 0. The standard InChI is InChI=1S/C30H37N7O/c1-19(2)20-6-9-25(10-7-20)35(3)26-11-8-22(14-31-26)24-15-36(16-24)29(38)37-17-30(18-37)12-23(13-30)28-32-27(33-34-28)21-4-5-21/h6-11,14,19,21,23-24H,4-5,12-13,15-18H2,1-3H3,(H,32,33,34). The van der Waals surface area contributed by atoms with Gasteiger partial charge in [-0.3, -0.25) is 5.10 Å². The molecule has 2 aromatic heterocycles. The Morgan fingerprint density at radius 3 is 2.37 bits per heavy atom. The van der Waals surface area contributed by atoms with E-state index in [1.807, 2.05) is 16.0 Å². The molecule has 198 valence electrons. The second kappa shape index (κ2) is 8.82. The predicted octanol–water partition coefficient (Wildman–Crippen LogP) is 5.37. The van der Waals surface area contributed by atoms with Gasteiger partial charge in [-0.05, 0) is 60.9 Å². The molecule has 2 aliphatic carbocycles. The molecule has 0 atom stereocenters. The largest absolute Gasteiger partial charge is 0.329 e. The van der Waals surface area contributed by atoms with E-state index in [0.29, 0.717) is 29.1 Å². The highest BCUT2D eigenvalue weighted by Gasteiger charge is 2.56. The van der Waals surface area contributed by atoms with Crippen LogP contribution < -0.4 is 4.90 Å². The fourth-order valence-corrected chi connectivity index (χ4v) is 6.43. The van der Waals surface area contributed by atoms with Gasteiger partial charge in [-0.25, -0.2) is 14.8 Å². The average molecular weight is 512 g/mol. The summed E-state index contributed by atoms with van der Waals surface area (Å²) in [5, 5.41) is 7.61. The second-order valence-corrected chi connectivity index (χ2v) is 12.5. The maximum atomic E-state index is 13.0. The van der Waals surface area contributed by atoms with Crippen LogP contribution >= 0.6 is 0 Å². The minimum atomic E-state index is 0.193. The third kappa shape index (κ3) is 4.14. The molecule has 2 aliphatic heterocycles. The topological polar surface area (TPSA) is 81.2 Å². The zero-order chi connectivity index (χ0) is 26.0. The van der Waals surface area contributed by atoms with Gasteiger partial charge in [0, 0.05) is 68.3 Å². The molecular weight excluding hydrogens is 474 g/mol. The first-order valence-corrected chi connectivity index (χ1v) is 14.1. The van der Waals surface area contributed by atoms with Crippen LogP contribution in [0.15, 0.2) is 42.6 Å². The molecule has 8 nitrogen and oxygen atoms in total. The molecule has 0 unspecified atom stereocenters. The third-order valence-corrected chi connectivity index (χ3v) is 9.22. The smallest absolute Gasteiger partial charge is 0.320 e. The van der Waals surface area contributed by atoms with Gasteiger partial charge < -0.3 is 14.7 Å². The monoisotopic (exact) mass is 511 g/mol. The van der Waals surface area contributed by atoms with Crippen LogP contribution in [0, 0.1) is 5.41 Å². The van der Waals surface area contributed by atoms with E-state index in [-0.39, 0.29) is 6.03 Å². The summed E-state index contributed by atoms with van der Waals surface area (Å²) in [6.45, 7) is 7.73. The highest BCUT2D eigenvalue weighted by Crippen LogP contribution is 2.56. The van der Waals surface area contributed by atoms with Crippen molar-refractivity contribution < 1.29 is 4.79 Å². The van der Waals surface area contributed by atoms with Crippen LogP contribution in [-0.2, 0) is 0 Å². The molecule has 1 N–H and O–H groups in total. The molecule has 4 heterocycles. The molecule has 2 saturated heterocycles. The number of likely N-dealkylation sites (tertiary alicyclic amines) is 2. The molecule has 0 bridgehead atoms. The number of hydrogen-bond acceptors (Lipinski definition) is 5. The number of hydrogen-bond donors (Lipinski definition) is 1. The number of nitrogens with one attached hydrogen (secondary N) is 1. The fraction of sp³-hybridized carbons (Fsp3) is 0.533. The molecule has 2 amide bonds. The first-order chi connectivity index (χ1) is 18.4. The zero-order valence-electron chi connectivity index (χ0n) is 22.6. The van der Waals surface area contributed by atoms with Crippen LogP contribution in [0.25, 0.3) is 0 Å². The van der Waals surface area contributed by atoms with E-state index in [0.717, 1.165) is 62.2 Å². The normalized spacial score (nSPS) is 20.8. The number of carbonyl (C=O) groups is 1. The number of nitrogens with zero attached hydrogens (tertiary/aromatic N) is 6. The van der Waals surface area contributed by atoms with E-state index in [4.69, 9.17) is 9.97 Å². The Labute approximate surface area is 224 Å². The van der Waals surface area contributed by atoms with E-state index in [1.165, 1.54) is 24.0 Å². The zero-order valence-corrected chi connectivity index (χ0v) is 22.6. The Balaban J connectivity index is 0.878. The molecule has 1 aromatic carbocycles. The van der Waals surface area contributed by atoms with Crippen LogP contribution in [-0.4, -0.2) is 69.2 Å². The Morgan fingerprint density at radius 1 is 1.00 bits per heavy atom. The predicted molar refractivity (Wildman–Crippen MR) is 147 cm³/mol. The van der Waals surface area contributed by atoms with Crippen molar-refractivity contribution in [1.29, 1.82) is 0 Å². The minimum absolute atomic E-state index is 0.193. The van der Waals surface area contributed by atoms with Gasteiger partial charge in [-0.1, -0.05) is 32.0 Å². The molecule has 38 heavy (non-hydrogen) atoms. The van der Waals surface area contributed by atoms with Crippen molar-refractivity contribution >= 4 is 17.5 Å². The molecule has 0 radical (unpaired) electrons. The number of H-pyrrole nitrogens is 1. The Morgan fingerprint density at radius 2 is 1.74 bits per heavy atom. The maximum absolute atomic E-state index is 13.0. The average Bonchev–Trinajstić information content (AvgIpc) is 3.59. The van der Waals surface area contributed by atoms with Crippen LogP contribution in [0.2, 0.25) is 0 Å². The summed E-state index contributed by atoms with van der Waals surface area (Å²) < 4.78 is 0. The Kier molecular flexibility index (Phi) is 5.49. The molecular formula is C30H37N7O. The van der Waals surface area contributed by atoms with Crippen LogP contribution in [0.3, 0.4) is 0 Å². The van der Waals surface area contributed by atoms with Crippen molar-refractivity contribution in [2.45, 2.75) is 63.2 Å². The van der Waals surface area contributed by atoms with Crippen molar-refractivity contribution in [3.63, 3.8) is 0 Å². The van der Waals surface area contributed by atoms with Gasteiger partial charge in [0.15, 0.2) is 5.82 Å². The first kappa shape index (κ1) is 23.7. The number of urea groups is 1. The first-order valence-electron chi connectivity index (χ1n) is 14.1. The summed E-state index contributed by atoms with van der Waals surface area (Å²) in [7, 11) is 2.05. The second-order valence-electron chi connectivity index (χ2n) is 12.5. The van der Waals surface area contributed by atoms with Crippen LogP contribution in [0.4, 0.5) is 16.3 Å². The van der Waals surface area contributed by atoms with Crippen molar-refractivity contribution in [3.05, 3.63) is 65.4 Å². The van der Waals surface area contributed by atoms with Crippen molar-refractivity contribution in [2.75, 3.05) is 38.1 Å². The van der Waals surface area contributed by atoms with E-state index >= 15 is 0 Å². The lowest BCUT2D eigenvalue weighted by Gasteiger charge is -2.59. The summed E-state index contributed by atoms with van der Waals surface area (Å²) in [5.74, 6) is 4.96. The van der Waals surface area contributed by atoms with E-state index < -0.39 is 0 Å². The van der Waals surface area contributed by atoms with Crippen molar-refractivity contribution in [2.24, 2.45) is 5.41 Å².